The van der Waals surface area contributed by atoms with Gasteiger partial charge in [-0.25, -0.2) is 0 Å². The van der Waals surface area contributed by atoms with Crippen molar-refractivity contribution in [3.05, 3.63) is 0 Å². The fraction of sp³-hybridized carbons (Fsp3) is 0.846. The summed E-state index contributed by atoms with van der Waals surface area (Å²) in [4.78, 5) is 23.5. The van der Waals surface area contributed by atoms with Crippen LogP contribution < -0.4 is 11.1 Å². The lowest BCUT2D eigenvalue weighted by Crippen LogP contribution is -2.56. The molecule has 0 radical (unpaired) electrons. The number of nitrogens with one attached hydrogen (secondary N) is 1. The molecule has 1 amide bonds. The van der Waals surface area contributed by atoms with E-state index in [1.807, 2.05) is 13.8 Å². The molecular formula is C13H24N2O4. The quantitative estimate of drug-likeness (QED) is 0.653. The standard InChI is InChI=1S/C13H24N2O4/c1-3-13(14,4-2)10(16)15-9-12(11(17)18)5-7-19-8-6-12/h3-9,14H2,1-2H3,(H,15,16)(H,17,18). The Morgan fingerprint density at radius 1 is 1.32 bits per heavy atom. The number of carbonyl (C=O) groups excluding carboxylic acids is 1. The minimum absolute atomic E-state index is 0.115. The summed E-state index contributed by atoms with van der Waals surface area (Å²) in [5.41, 5.74) is 4.16. The zero-order valence-corrected chi connectivity index (χ0v) is 11.7. The van der Waals surface area contributed by atoms with Crippen LogP contribution in [0.1, 0.15) is 39.5 Å². The molecule has 1 aliphatic rings. The van der Waals surface area contributed by atoms with Crippen LogP contribution in [-0.4, -0.2) is 42.3 Å². The molecule has 0 saturated carbocycles. The highest BCUT2D eigenvalue weighted by Gasteiger charge is 2.41. The highest BCUT2D eigenvalue weighted by molar-refractivity contribution is 5.86. The largest absolute Gasteiger partial charge is 0.481 e. The maximum atomic E-state index is 12.1. The first-order valence-electron chi connectivity index (χ1n) is 6.78. The molecule has 110 valence electrons. The van der Waals surface area contributed by atoms with Gasteiger partial charge in [-0.15, -0.1) is 0 Å². The van der Waals surface area contributed by atoms with Crippen molar-refractivity contribution in [2.24, 2.45) is 11.1 Å². The first kappa shape index (κ1) is 15.9. The number of carbonyl (C=O) groups is 2. The average molecular weight is 272 g/mol. The van der Waals surface area contributed by atoms with Crippen LogP contribution in [-0.2, 0) is 14.3 Å². The van der Waals surface area contributed by atoms with Gasteiger partial charge in [-0.3, -0.25) is 9.59 Å². The van der Waals surface area contributed by atoms with Crippen molar-refractivity contribution in [1.82, 2.24) is 5.32 Å². The highest BCUT2D eigenvalue weighted by atomic mass is 16.5. The minimum atomic E-state index is -0.920. The van der Waals surface area contributed by atoms with Crippen molar-refractivity contribution in [2.75, 3.05) is 19.8 Å². The van der Waals surface area contributed by atoms with E-state index in [-0.39, 0.29) is 12.5 Å². The molecule has 1 rings (SSSR count). The number of hydrogen-bond acceptors (Lipinski definition) is 4. The van der Waals surface area contributed by atoms with Crippen LogP contribution in [0.25, 0.3) is 0 Å². The second kappa shape index (κ2) is 6.34. The van der Waals surface area contributed by atoms with E-state index < -0.39 is 16.9 Å². The fourth-order valence-corrected chi connectivity index (χ4v) is 2.23. The molecule has 4 N–H and O–H groups in total. The van der Waals surface area contributed by atoms with E-state index in [4.69, 9.17) is 10.5 Å². The summed E-state index contributed by atoms with van der Waals surface area (Å²) in [5.74, 6) is -1.16. The van der Waals surface area contributed by atoms with Crippen LogP contribution >= 0.6 is 0 Å². The molecule has 0 aliphatic carbocycles. The number of nitrogens with two attached hydrogens (primary N) is 1. The first-order valence-corrected chi connectivity index (χ1v) is 6.78. The summed E-state index contributed by atoms with van der Waals surface area (Å²) in [6.45, 7) is 4.65. The number of aliphatic carboxylic acids is 1. The Hall–Kier alpha value is -1.14. The average Bonchev–Trinajstić information content (AvgIpc) is 2.44. The molecule has 1 heterocycles. The normalized spacial score (nSPS) is 18.9. The Morgan fingerprint density at radius 2 is 1.84 bits per heavy atom. The molecule has 0 aromatic heterocycles. The van der Waals surface area contributed by atoms with Crippen molar-refractivity contribution >= 4 is 11.9 Å². The highest BCUT2D eigenvalue weighted by Crippen LogP contribution is 2.30. The van der Waals surface area contributed by atoms with Gasteiger partial charge in [-0.1, -0.05) is 13.8 Å². The van der Waals surface area contributed by atoms with E-state index >= 15 is 0 Å². The summed E-state index contributed by atoms with van der Waals surface area (Å²) in [6, 6.07) is 0. The second-order valence-electron chi connectivity index (χ2n) is 5.24. The Labute approximate surface area is 113 Å². The SMILES string of the molecule is CCC(N)(CC)C(=O)NCC1(C(=O)O)CCOCC1. The van der Waals surface area contributed by atoms with Crippen molar-refractivity contribution in [2.45, 2.75) is 45.1 Å². The van der Waals surface area contributed by atoms with Gasteiger partial charge in [0.25, 0.3) is 0 Å². The van der Waals surface area contributed by atoms with Gasteiger partial charge in [-0.05, 0) is 25.7 Å². The molecule has 19 heavy (non-hydrogen) atoms. The van der Waals surface area contributed by atoms with E-state index in [9.17, 15) is 14.7 Å². The maximum Gasteiger partial charge on any atom is 0.311 e. The van der Waals surface area contributed by atoms with Crippen LogP contribution in [0.4, 0.5) is 0 Å². The van der Waals surface area contributed by atoms with Crippen molar-refractivity contribution in [3.63, 3.8) is 0 Å². The predicted octanol–water partition coefficient (Wildman–Crippen LogP) is 0.502. The van der Waals surface area contributed by atoms with Crippen LogP contribution in [0, 0.1) is 5.41 Å². The molecule has 0 spiro atoms. The molecule has 1 fully saturated rings. The summed E-state index contributed by atoms with van der Waals surface area (Å²) in [7, 11) is 0. The van der Waals surface area contributed by atoms with E-state index in [0.29, 0.717) is 38.9 Å². The van der Waals surface area contributed by atoms with Gasteiger partial charge in [0.05, 0.1) is 11.0 Å². The molecule has 6 heteroatoms. The third-order valence-corrected chi connectivity index (χ3v) is 4.20. The third kappa shape index (κ3) is 3.45. The van der Waals surface area contributed by atoms with E-state index in [1.54, 1.807) is 0 Å². The Morgan fingerprint density at radius 3 is 2.26 bits per heavy atom. The lowest BCUT2D eigenvalue weighted by Gasteiger charge is -2.34. The molecule has 0 aromatic carbocycles. The molecule has 0 atom stereocenters. The third-order valence-electron chi connectivity index (χ3n) is 4.20. The Bertz CT molecular complexity index is 334. The molecule has 1 saturated heterocycles. The van der Waals surface area contributed by atoms with Crippen LogP contribution in [0.2, 0.25) is 0 Å². The van der Waals surface area contributed by atoms with E-state index in [1.165, 1.54) is 0 Å². The Balaban J connectivity index is 2.67. The van der Waals surface area contributed by atoms with Crippen LogP contribution in [0.5, 0.6) is 0 Å². The molecule has 0 aromatic rings. The van der Waals surface area contributed by atoms with E-state index in [2.05, 4.69) is 5.32 Å². The summed E-state index contributed by atoms with van der Waals surface area (Å²) in [6.07, 6.45) is 1.88. The van der Waals surface area contributed by atoms with Crippen molar-refractivity contribution in [1.29, 1.82) is 0 Å². The lowest BCUT2D eigenvalue weighted by atomic mass is 9.80. The summed E-state index contributed by atoms with van der Waals surface area (Å²) in [5, 5.41) is 12.1. The zero-order valence-electron chi connectivity index (χ0n) is 11.7. The van der Waals surface area contributed by atoms with Gasteiger partial charge in [0.2, 0.25) is 5.91 Å². The second-order valence-corrected chi connectivity index (χ2v) is 5.24. The number of carboxylic acids is 1. The molecule has 6 nitrogen and oxygen atoms in total. The fourth-order valence-electron chi connectivity index (χ4n) is 2.23. The van der Waals surface area contributed by atoms with Gasteiger partial charge < -0.3 is 20.9 Å². The monoisotopic (exact) mass is 272 g/mol. The molecular weight excluding hydrogens is 248 g/mol. The lowest BCUT2D eigenvalue weighted by molar-refractivity contribution is -0.154. The van der Waals surface area contributed by atoms with Gasteiger partial charge in [0.1, 0.15) is 0 Å². The maximum absolute atomic E-state index is 12.1. The molecule has 0 unspecified atom stereocenters. The van der Waals surface area contributed by atoms with E-state index in [0.717, 1.165) is 0 Å². The van der Waals surface area contributed by atoms with Crippen molar-refractivity contribution in [3.8, 4) is 0 Å². The summed E-state index contributed by atoms with van der Waals surface area (Å²) < 4.78 is 5.19. The van der Waals surface area contributed by atoms with Crippen molar-refractivity contribution < 1.29 is 19.4 Å². The van der Waals surface area contributed by atoms with Gasteiger partial charge >= 0.3 is 5.97 Å². The topological polar surface area (TPSA) is 102 Å². The first-order chi connectivity index (χ1) is 8.90. The number of ether oxygens (including phenoxy) is 1. The van der Waals surface area contributed by atoms with Gasteiger partial charge in [0, 0.05) is 19.8 Å². The number of rotatable bonds is 6. The molecule has 0 bridgehead atoms. The number of amides is 1. The summed E-state index contributed by atoms with van der Waals surface area (Å²) >= 11 is 0. The minimum Gasteiger partial charge on any atom is -0.481 e. The van der Waals surface area contributed by atoms with Crippen LogP contribution in [0.15, 0.2) is 0 Å². The van der Waals surface area contributed by atoms with Gasteiger partial charge in [0.15, 0.2) is 0 Å². The Kier molecular flexibility index (Phi) is 5.31. The smallest absolute Gasteiger partial charge is 0.311 e. The van der Waals surface area contributed by atoms with Gasteiger partial charge in [-0.2, -0.15) is 0 Å². The predicted molar refractivity (Wildman–Crippen MR) is 70.6 cm³/mol. The van der Waals surface area contributed by atoms with Crippen LogP contribution in [0.3, 0.4) is 0 Å². The number of hydrogen-bond donors (Lipinski definition) is 3. The number of carboxylic acid groups (broad SMARTS) is 1. The molecule has 1 aliphatic heterocycles. The zero-order chi connectivity index (χ0) is 14.5.